The molecule has 0 saturated heterocycles. The molecule has 0 bridgehead atoms. The van der Waals surface area contributed by atoms with Crippen LogP contribution < -0.4 is 0 Å². The first kappa shape index (κ1) is 7.64. The highest BCUT2D eigenvalue weighted by molar-refractivity contribution is 8.06. The first-order chi connectivity index (χ1) is 3.81. The topological polar surface area (TPSA) is 29.4 Å². The van der Waals surface area contributed by atoms with Crippen molar-refractivity contribution in [2.45, 2.75) is 6.92 Å². The van der Waals surface area contributed by atoms with Gasteiger partial charge in [0.15, 0.2) is 11.8 Å². The van der Waals surface area contributed by atoms with Gasteiger partial charge in [0.05, 0.1) is 0 Å². The number of isocyanates is 1. The molecule has 42 valence electrons. The normalized spacial score (nSPS) is 10.9. The first-order valence-electron chi connectivity index (χ1n) is 1.98. The third-order valence-electron chi connectivity index (χ3n) is 0.416. The zero-order valence-corrected chi connectivity index (χ0v) is 6.08. The summed E-state index contributed by atoms with van der Waals surface area (Å²) in [6, 6.07) is 0. The van der Waals surface area contributed by atoms with Crippen LogP contribution in [0.5, 0.6) is 0 Å². The summed E-state index contributed by atoms with van der Waals surface area (Å²) in [6.07, 6.45) is 3.18. The molecular formula is C4H5NOPS+. The van der Waals surface area contributed by atoms with Gasteiger partial charge in [-0.05, 0) is 13.0 Å². The van der Waals surface area contributed by atoms with Crippen molar-refractivity contribution in [3.8, 4) is 0 Å². The van der Waals surface area contributed by atoms with Gasteiger partial charge in [0, 0.05) is 4.76 Å². The van der Waals surface area contributed by atoms with E-state index in [1.807, 2.05) is 6.92 Å². The quantitative estimate of drug-likeness (QED) is 0.337. The minimum absolute atomic E-state index is 0.977. The second-order valence-corrected chi connectivity index (χ2v) is 3.20. The lowest BCUT2D eigenvalue weighted by molar-refractivity contribution is 0.566. The third-order valence-corrected chi connectivity index (χ3v) is 1.86. The van der Waals surface area contributed by atoms with Gasteiger partial charge in [-0.25, -0.2) is 4.79 Å². The Morgan fingerprint density at radius 1 is 1.88 bits per heavy atom. The molecule has 0 spiro atoms. The van der Waals surface area contributed by atoms with E-state index in [2.05, 4.69) is 16.6 Å². The molecule has 0 radical (unpaired) electrons. The SMILES string of the molecule is CC=C[P+](=S)N=C=O. The summed E-state index contributed by atoms with van der Waals surface area (Å²) in [5.41, 5.74) is 0. The molecule has 4 heteroatoms. The molecule has 1 unspecified atom stereocenters. The Morgan fingerprint density at radius 2 is 2.50 bits per heavy atom. The highest BCUT2D eigenvalue weighted by Gasteiger charge is 1.96. The van der Waals surface area contributed by atoms with E-state index in [0.717, 1.165) is 0 Å². The monoisotopic (exact) mass is 146 g/mol. The van der Waals surface area contributed by atoms with Gasteiger partial charge in [-0.15, -0.1) is 0 Å². The summed E-state index contributed by atoms with van der Waals surface area (Å²) in [7, 11) is 0. The minimum atomic E-state index is -0.977. The Hall–Kier alpha value is -0.360. The number of carbonyl (C=O) groups excluding carboxylic acids is 1. The fraction of sp³-hybridized carbons (Fsp3) is 0.250. The van der Waals surface area contributed by atoms with Crippen molar-refractivity contribution in [3.05, 3.63) is 11.9 Å². The molecule has 0 aromatic carbocycles. The molecule has 0 rings (SSSR count). The Kier molecular flexibility index (Phi) is 4.58. The van der Waals surface area contributed by atoms with Crippen molar-refractivity contribution in [1.29, 1.82) is 0 Å². The lowest BCUT2D eigenvalue weighted by atomic mass is 10.8. The van der Waals surface area contributed by atoms with Gasteiger partial charge in [-0.2, -0.15) is 0 Å². The van der Waals surface area contributed by atoms with Crippen molar-refractivity contribution in [2.24, 2.45) is 4.76 Å². The summed E-state index contributed by atoms with van der Waals surface area (Å²) in [5, 5.41) is 0. The highest BCUT2D eigenvalue weighted by Crippen LogP contribution is 2.22. The molecule has 0 aliphatic heterocycles. The average Bonchev–Trinajstić information content (AvgIpc) is 1.68. The van der Waals surface area contributed by atoms with Crippen molar-refractivity contribution in [1.82, 2.24) is 0 Å². The van der Waals surface area contributed by atoms with E-state index in [-0.39, 0.29) is 0 Å². The molecule has 0 aliphatic carbocycles. The molecule has 0 aromatic rings. The van der Waals surface area contributed by atoms with Crippen LogP contribution in [-0.4, -0.2) is 6.08 Å². The Morgan fingerprint density at radius 3 is 2.88 bits per heavy atom. The summed E-state index contributed by atoms with van der Waals surface area (Å²) in [4.78, 5) is 9.51. The van der Waals surface area contributed by atoms with E-state index < -0.39 is 6.85 Å². The van der Waals surface area contributed by atoms with Crippen LogP contribution in [0.2, 0.25) is 0 Å². The van der Waals surface area contributed by atoms with E-state index in [9.17, 15) is 4.79 Å². The van der Waals surface area contributed by atoms with Crippen molar-refractivity contribution < 1.29 is 4.79 Å². The first-order valence-corrected chi connectivity index (χ1v) is 4.36. The standard InChI is InChI=1S/C4H5NOPS/c1-2-3-7(8)5-4-6/h2-3H,1H3/q+1. The van der Waals surface area contributed by atoms with Gasteiger partial charge in [0.25, 0.3) is 6.08 Å². The van der Waals surface area contributed by atoms with E-state index in [1.54, 1.807) is 11.9 Å². The maximum Gasteiger partial charge on any atom is 0.360 e. The number of hydrogen-bond acceptors (Lipinski definition) is 2. The van der Waals surface area contributed by atoms with Crippen LogP contribution in [0, 0.1) is 0 Å². The van der Waals surface area contributed by atoms with Crippen LogP contribution in [0.4, 0.5) is 0 Å². The van der Waals surface area contributed by atoms with E-state index >= 15 is 0 Å². The van der Waals surface area contributed by atoms with Gasteiger partial charge < -0.3 is 0 Å². The summed E-state index contributed by atoms with van der Waals surface area (Å²) < 4.78 is 3.30. The van der Waals surface area contributed by atoms with E-state index in [4.69, 9.17) is 0 Å². The molecule has 0 saturated carbocycles. The van der Waals surface area contributed by atoms with E-state index in [0.29, 0.717) is 0 Å². The molecule has 8 heavy (non-hydrogen) atoms. The van der Waals surface area contributed by atoms with Crippen LogP contribution in [0.25, 0.3) is 0 Å². The number of nitrogens with zero attached hydrogens (tertiary/aromatic N) is 1. The van der Waals surface area contributed by atoms with Crippen LogP contribution in [0.15, 0.2) is 16.7 Å². The molecule has 0 aliphatic rings. The average molecular weight is 146 g/mol. The van der Waals surface area contributed by atoms with Gasteiger partial charge in [-0.3, -0.25) is 0 Å². The molecule has 0 amide bonds. The van der Waals surface area contributed by atoms with Gasteiger partial charge in [0.2, 0.25) is 0 Å². The molecule has 1 atom stereocenters. The lowest BCUT2D eigenvalue weighted by Crippen LogP contribution is -1.44. The van der Waals surface area contributed by atoms with Crippen LogP contribution in [-0.2, 0) is 16.6 Å². The second kappa shape index (κ2) is 4.79. The maximum absolute atomic E-state index is 9.51. The summed E-state index contributed by atoms with van der Waals surface area (Å²) in [6.45, 7) is 0.859. The van der Waals surface area contributed by atoms with Crippen molar-refractivity contribution >= 4 is 24.7 Å². The molecule has 0 heterocycles. The second-order valence-electron chi connectivity index (χ2n) is 0.976. The summed E-state index contributed by atoms with van der Waals surface area (Å²) >= 11 is 4.68. The molecule has 0 fully saturated rings. The Bertz CT molecular complexity index is 159. The number of rotatable bonds is 2. The maximum atomic E-state index is 9.51. The van der Waals surface area contributed by atoms with Gasteiger partial charge in [-0.1, -0.05) is 0 Å². The number of hydrogen-bond donors (Lipinski definition) is 0. The van der Waals surface area contributed by atoms with Gasteiger partial charge in [0.1, 0.15) is 5.82 Å². The Balaban J connectivity index is 3.84. The zero-order valence-electron chi connectivity index (χ0n) is 4.37. The molecule has 2 nitrogen and oxygen atoms in total. The van der Waals surface area contributed by atoms with E-state index in [1.165, 1.54) is 6.08 Å². The largest absolute Gasteiger partial charge is 0.360 e. The fourth-order valence-electron chi connectivity index (χ4n) is 0.201. The van der Waals surface area contributed by atoms with Gasteiger partial charge >= 0.3 is 6.85 Å². The Labute approximate surface area is 53.8 Å². The highest BCUT2D eigenvalue weighted by atomic mass is 32.4. The predicted octanol–water partition coefficient (Wildman–Crippen LogP) is 1.71. The molecule has 0 aromatic heterocycles. The van der Waals surface area contributed by atoms with Crippen LogP contribution in [0.3, 0.4) is 0 Å². The van der Waals surface area contributed by atoms with Crippen LogP contribution >= 0.6 is 6.85 Å². The smallest absolute Gasteiger partial charge is 0.207 e. The molecular weight excluding hydrogens is 141 g/mol. The molecule has 0 N–H and O–H groups in total. The predicted molar refractivity (Wildman–Crippen MR) is 37.2 cm³/mol. The lowest BCUT2D eigenvalue weighted by Gasteiger charge is -1.57. The third kappa shape index (κ3) is 3.82. The fourth-order valence-corrected chi connectivity index (χ4v) is 1.07. The number of allylic oxidation sites excluding steroid dienone is 1. The summed E-state index contributed by atoms with van der Waals surface area (Å²) in [5.74, 6) is 1.70. The zero-order chi connectivity index (χ0) is 6.41. The van der Waals surface area contributed by atoms with Crippen molar-refractivity contribution in [3.63, 3.8) is 0 Å². The van der Waals surface area contributed by atoms with Crippen LogP contribution in [0.1, 0.15) is 6.92 Å². The minimum Gasteiger partial charge on any atom is -0.207 e. The van der Waals surface area contributed by atoms with Crippen molar-refractivity contribution in [2.75, 3.05) is 0 Å².